The van der Waals surface area contributed by atoms with E-state index < -0.39 is 5.97 Å². The van der Waals surface area contributed by atoms with E-state index in [1.165, 1.54) is 0 Å². The maximum atomic E-state index is 10.5. The molecule has 0 amide bonds. The Kier molecular flexibility index (Phi) is 3.54. The maximum Gasteiger partial charge on any atom is 0.304 e. The number of benzene rings is 1. The minimum absolute atomic E-state index is 0.172. The van der Waals surface area contributed by atoms with Crippen LogP contribution in [0.4, 0.5) is 5.69 Å². The standard InChI is InChI=1S/C12H15ClN2O2/c13-9-5-8-7-15(4-2-12(16)17)3-1-10(8)11(14)6-9/h5-6H,1-4,7,14H2,(H,16,17). The molecule has 0 aliphatic carbocycles. The van der Waals surface area contributed by atoms with Crippen molar-refractivity contribution < 1.29 is 9.90 Å². The zero-order valence-electron chi connectivity index (χ0n) is 9.45. The van der Waals surface area contributed by atoms with E-state index in [0.717, 1.165) is 36.3 Å². The molecule has 0 spiro atoms. The molecule has 4 nitrogen and oxygen atoms in total. The van der Waals surface area contributed by atoms with E-state index >= 15 is 0 Å². The van der Waals surface area contributed by atoms with Gasteiger partial charge in [0, 0.05) is 30.3 Å². The van der Waals surface area contributed by atoms with E-state index in [2.05, 4.69) is 4.90 Å². The predicted octanol–water partition coefficient (Wildman–Crippen LogP) is 1.76. The molecular weight excluding hydrogens is 240 g/mol. The molecule has 1 aromatic rings. The fourth-order valence-electron chi connectivity index (χ4n) is 2.20. The van der Waals surface area contributed by atoms with E-state index in [0.29, 0.717) is 11.6 Å². The van der Waals surface area contributed by atoms with Crippen molar-refractivity contribution in [1.82, 2.24) is 4.90 Å². The summed E-state index contributed by atoms with van der Waals surface area (Å²) in [5.74, 6) is -0.763. The van der Waals surface area contributed by atoms with Gasteiger partial charge in [-0.25, -0.2) is 0 Å². The van der Waals surface area contributed by atoms with E-state index in [4.69, 9.17) is 22.4 Å². The van der Waals surface area contributed by atoms with Crippen molar-refractivity contribution in [2.24, 2.45) is 0 Å². The number of nitrogen functional groups attached to an aromatic ring is 1. The van der Waals surface area contributed by atoms with Gasteiger partial charge < -0.3 is 10.8 Å². The Hall–Kier alpha value is -1.26. The van der Waals surface area contributed by atoms with Gasteiger partial charge >= 0.3 is 5.97 Å². The fraction of sp³-hybridized carbons (Fsp3) is 0.417. The molecule has 2 rings (SSSR count). The Morgan fingerprint density at radius 1 is 1.53 bits per heavy atom. The average molecular weight is 255 g/mol. The second-order valence-electron chi connectivity index (χ2n) is 4.30. The van der Waals surface area contributed by atoms with Gasteiger partial charge in [0.1, 0.15) is 0 Å². The first-order valence-corrected chi connectivity index (χ1v) is 5.95. The third kappa shape index (κ3) is 2.90. The lowest BCUT2D eigenvalue weighted by molar-refractivity contribution is -0.137. The van der Waals surface area contributed by atoms with E-state index in [9.17, 15) is 4.79 Å². The summed E-state index contributed by atoms with van der Waals surface area (Å²) in [4.78, 5) is 12.6. The number of nitrogens with two attached hydrogens (primary N) is 1. The van der Waals surface area contributed by atoms with Gasteiger partial charge in [-0.3, -0.25) is 9.69 Å². The summed E-state index contributed by atoms with van der Waals surface area (Å²) < 4.78 is 0. The normalized spacial score (nSPS) is 15.6. The van der Waals surface area contributed by atoms with Gasteiger partial charge in [0.25, 0.3) is 0 Å². The molecule has 0 unspecified atom stereocenters. The fourth-order valence-corrected chi connectivity index (χ4v) is 2.45. The van der Waals surface area contributed by atoms with Crippen LogP contribution in [0.25, 0.3) is 0 Å². The summed E-state index contributed by atoms with van der Waals surface area (Å²) in [6, 6.07) is 3.69. The Morgan fingerprint density at radius 2 is 2.29 bits per heavy atom. The Morgan fingerprint density at radius 3 is 3.00 bits per heavy atom. The van der Waals surface area contributed by atoms with Gasteiger partial charge in [-0.05, 0) is 29.7 Å². The van der Waals surface area contributed by atoms with Gasteiger partial charge in [0.15, 0.2) is 0 Å². The lowest BCUT2D eigenvalue weighted by Crippen LogP contribution is -2.32. The smallest absolute Gasteiger partial charge is 0.304 e. The summed E-state index contributed by atoms with van der Waals surface area (Å²) in [5.41, 5.74) is 8.92. The predicted molar refractivity (Wildman–Crippen MR) is 67.1 cm³/mol. The molecule has 1 aromatic carbocycles. The van der Waals surface area contributed by atoms with Gasteiger partial charge in [-0.2, -0.15) is 0 Å². The Bertz CT molecular complexity index is 448. The van der Waals surface area contributed by atoms with Crippen molar-refractivity contribution >= 4 is 23.3 Å². The first kappa shape index (κ1) is 12.2. The van der Waals surface area contributed by atoms with Gasteiger partial charge in [-0.1, -0.05) is 11.6 Å². The molecule has 0 radical (unpaired) electrons. The molecule has 1 aliphatic heterocycles. The van der Waals surface area contributed by atoms with Crippen LogP contribution in [0.3, 0.4) is 0 Å². The van der Waals surface area contributed by atoms with Crippen molar-refractivity contribution in [2.75, 3.05) is 18.8 Å². The third-order valence-electron chi connectivity index (χ3n) is 3.06. The number of rotatable bonds is 3. The Labute approximate surface area is 105 Å². The lowest BCUT2D eigenvalue weighted by atomic mass is 9.98. The summed E-state index contributed by atoms with van der Waals surface area (Å²) >= 11 is 5.96. The monoisotopic (exact) mass is 254 g/mol. The highest BCUT2D eigenvalue weighted by Crippen LogP contribution is 2.28. The van der Waals surface area contributed by atoms with Crippen molar-refractivity contribution in [2.45, 2.75) is 19.4 Å². The van der Waals surface area contributed by atoms with Crippen LogP contribution in [0, 0.1) is 0 Å². The number of carboxylic acid groups (broad SMARTS) is 1. The van der Waals surface area contributed by atoms with Crippen molar-refractivity contribution in [3.8, 4) is 0 Å². The highest BCUT2D eigenvalue weighted by molar-refractivity contribution is 6.31. The number of hydrogen-bond acceptors (Lipinski definition) is 3. The summed E-state index contributed by atoms with van der Waals surface area (Å²) in [6.07, 6.45) is 1.03. The zero-order chi connectivity index (χ0) is 12.4. The molecule has 0 atom stereocenters. The second kappa shape index (κ2) is 4.94. The molecule has 0 saturated carbocycles. The highest BCUT2D eigenvalue weighted by atomic mass is 35.5. The number of carboxylic acids is 1. The van der Waals surface area contributed by atoms with Crippen molar-refractivity contribution in [3.63, 3.8) is 0 Å². The molecule has 17 heavy (non-hydrogen) atoms. The van der Waals surface area contributed by atoms with E-state index in [1.54, 1.807) is 6.07 Å². The molecule has 1 heterocycles. The topological polar surface area (TPSA) is 66.6 Å². The average Bonchev–Trinajstić information content (AvgIpc) is 2.25. The number of fused-ring (bicyclic) bond motifs is 1. The molecule has 0 saturated heterocycles. The van der Waals surface area contributed by atoms with Gasteiger partial charge in [0.2, 0.25) is 0 Å². The maximum absolute atomic E-state index is 10.5. The second-order valence-corrected chi connectivity index (χ2v) is 4.74. The quantitative estimate of drug-likeness (QED) is 0.807. The van der Waals surface area contributed by atoms with Crippen molar-refractivity contribution in [3.05, 3.63) is 28.3 Å². The molecule has 0 bridgehead atoms. The first-order valence-electron chi connectivity index (χ1n) is 5.57. The van der Waals surface area contributed by atoms with Gasteiger partial charge in [-0.15, -0.1) is 0 Å². The largest absolute Gasteiger partial charge is 0.481 e. The highest BCUT2D eigenvalue weighted by Gasteiger charge is 2.19. The zero-order valence-corrected chi connectivity index (χ0v) is 10.2. The van der Waals surface area contributed by atoms with Crippen LogP contribution in [-0.4, -0.2) is 29.1 Å². The van der Waals surface area contributed by atoms with Crippen LogP contribution in [0.5, 0.6) is 0 Å². The van der Waals surface area contributed by atoms with E-state index in [-0.39, 0.29) is 6.42 Å². The number of carbonyl (C=O) groups is 1. The SMILES string of the molecule is Nc1cc(Cl)cc2c1CCN(CCC(=O)O)C2. The van der Waals surface area contributed by atoms with Crippen LogP contribution in [-0.2, 0) is 17.8 Å². The minimum atomic E-state index is -0.763. The number of halogens is 1. The van der Waals surface area contributed by atoms with Crippen LogP contribution >= 0.6 is 11.6 Å². The number of anilines is 1. The molecular formula is C12H15ClN2O2. The molecule has 1 aliphatic rings. The van der Waals surface area contributed by atoms with Crippen LogP contribution in [0.2, 0.25) is 5.02 Å². The minimum Gasteiger partial charge on any atom is -0.481 e. The van der Waals surface area contributed by atoms with Crippen LogP contribution < -0.4 is 5.73 Å². The van der Waals surface area contributed by atoms with Crippen LogP contribution in [0.15, 0.2) is 12.1 Å². The molecule has 92 valence electrons. The molecule has 5 heteroatoms. The third-order valence-corrected chi connectivity index (χ3v) is 3.27. The molecule has 0 aromatic heterocycles. The number of hydrogen-bond donors (Lipinski definition) is 2. The van der Waals surface area contributed by atoms with Gasteiger partial charge in [0.05, 0.1) is 6.42 Å². The first-order chi connectivity index (χ1) is 8.06. The molecule has 3 N–H and O–H groups in total. The summed E-state index contributed by atoms with van der Waals surface area (Å²) in [6.45, 7) is 2.15. The molecule has 0 fully saturated rings. The summed E-state index contributed by atoms with van der Waals surface area (Å²) in [7, 11) is 0. The Balaban J connectivity index is 2.10. The number of nitrogens with zero attached hydrogens (tertiary/aromatic N) is 1. The number of aliphatic carboxylic acids is 1. The van der Waals surface area contributed by atoms with E-state index in [1.807, 2.05) is 6.07 Å². The van der Waals surface area contributed by atoms with Crippen LogP contribution in [0.1, 0.15) is 17.5 Å². The van der Waals surface area contributed by atoms with Crippen molar-refractivity contribution in [1.29, 1.82) is 0 Å². The summed E-state index contributed by atoms with van der Waals surface area (Å²) in [5, 5.41) is 9.30. The lowest BCUT2D eigenvalue weighted by Gasteiger charge is -2.29.